The number of rotatable bonds is 2. The smallest absolute Gasteiger partial charge is 0.151 e. The van der Waals surface area contributed by atoms with Gasteiger partial charge < -0.3 is 0 Å². The molecule has 2 nitrogen and oxygen atoms in total. The highest BCUT2D eigenvalue weighted by molar-refractivity contribution is 7.80. The maximum atomic E-state index is 5.53. The topological polar surface area (TPSA) is 25.8 Å². The van der Waals surface area contributed by atoms with Gasteiger partial charge in [0.2, 0.25) is 0 Å². The maximum Gasteiger partial charge on any atom is 0.151 e. The first-order chi connectivity index (χ1) is 5.33. The number of hydrogen-bond acceptors (Lipinski definition) is 3. The summed E-state index contributed by atoms with van der Waals surface area (Å²) in [5.74, 6) is 0.699. The van der Waals surface area contributed by atoms with E-state index < -0.39 is 0 Å². The molecule has 0 spiro atoms. The number of nitrogens with zero attached hydrogens (tertiary/aromatic N) is 2. The van der Waals surface area contributed by atoms with Crippen LogP contribution in [0.15, 0.2) is 18.2 Å². The molecule has 1 aromatic rings. The third-order valence-electron chi connectivity index (χ3n) is 1.05. The molecule has 1 heterocycles. The second-order valence-corrected chi connectivity index (χ2v) is 2.62. The summed E-state index contributed by atoms with van der Waals surface area (Å²) in [5, 5.41) is 7.89. The zero-order chi connectivity index (χ0) is 8.10. The fourth-order valence-corrected chi connectivity index (χ4v) is 0.795. The minimum Gasteiger partial charge on any atom is -0.175 e. The third-order valence-corrected chi connectivity index (χ3v) is 1.46. The van der Waals surface area contributed by atoms with Gasteiger partial charge in [0, 0.05) is 5.75 Å². The van der Waals surface area contributed by atoms with Crippen molar-refractivity contribution in [2.45, 2.75) is 0 Å². The van der Waals surface area contributed by atoms with E-state index in [-0.39, 0.29) is 0 Å². The maximum absolute atomic E-state index is 5.53. The average molecular weight is 187 g/mol. The summed E-state index contributed by atoms with van der Waals surface area (Å²) in [6, 6.07) is 3.50. The molecule has 0 radical (unpaired) electrons. The molecule has 1 aromatic heterocycles. The Hall–Kier alpha value is -0.540. The molecular weight excluding hydrogens is 180 g/mol. The minimum atomic E-state index is 0.410. The molecule has 0 amide bonds. The summed E-state index contributed by atoms with van der Waals surface area (Å²) in [6.45, 7) is 0. The van der Waals surface area contributed by atoms with Gasteiger partial charge in [-0.05, 0) is 18.2 Å². The largest absolute Gasteiger partial charge is 0.175 e. The lowest BCUT2D eigenvalue weighted by Gasteiger charge is -1.89. The lowest BCUT2D eigenvalue weighted by molar-refractivity contribution is 1.02. The summed E-state index contributed by atoms with van der Waals surface area (Å²) >= 11 is 9.54. The highest BCUT2D eigenvalue weighted by Gasteiger charge is 1.88. The summed E-state index contributed by atoms with van der Waals surface area (Å²) in [4.78, 5) is 0. The molecule has 0 N–H and O–H groups in total. The van der Waals surface area contributed by atoms with Crippen LogP contribution < -0.4 is 0 Å². The van der Waals surface area contributed by atoms with Gasteiger partial charge >= 0.3 is 0 Å². The van der Waals surface area contributed by atoms with Crippen molar-refractivity contribution in [1.29, 1.82) is 0 Å². The molecule has 58 valence electrons. The van der Waals surface area contributed by atoms with E-state index in [0.29, 0.717) is 10.9 Å². The van der Waals surface area contributed by atoms with Crippen LogP contribution in [0.25, 0.3) is 6.08 Å². The second-order valence-electron chi connectivity index (χ2n) is 1.87. The molecule has 4 heteroatoms. The van der Waals surface area contributed by atoms with Crippen molar-refractivity contribution < 1.29 is 0 Å². The van der Waals surface area contributed by atoms with E-state index in [1.54, 1.807) is 12.1 Å². The van der Waals surface area contributed by atoms with Gasteiger partial charge in [0.25, 0.3) is 0 Å². The Labute approximate surface area is 75.7 Å². The molecule has 11 heavy (non-hydrogen) atoms. The predicted molar refractivity (Wildman–Crippen MR) is 49.9 cm³/mol. The number of hydrogen-bond donors (Lipinski definition) is 1. The number of thiol groups is 1. The molecule has 0 bridgehead atoms. The van der Waals surface area contributed by atoms with Crippen LogP contribution in [0, 0.1) is 0 Å². The monoisotopic (exact) mass is 186 g/mol. The number of aromatic nitrogens is 2. The van der Waals surface area contributed by atoms with Crippen LogP contribution in [-0.2, 0) is 0 Å². The van der Waals surface area contributed by atoms with Crippen molar-refractivity contribution in [1.82, 2.24) is 10.2 Å². The van der Waals surface area contributed by atoms with E-state index in [1.165, 1.54) is 0 Å². The van der Waals surface area contributed by atoms with Gasteiger partial charge in [-0.3, -0.25) is 0 Å². The zero-order valence-electron chi connectivity index (χ0n) is 5.74. The molecule has 0 aliphatic carbocycles. The summed E-state index contributed by atoms with van der Waals surface area (Å²) < 4.78 is 0. The molecule has 0 aliphatic rings. The van der Waals surface area contributed by atoms with Crippen LogP contribution in [0.3, 0.4) is 0 Å². The highest BCUT2D eigenvalue weighted by Crippen LogP contribution is 2.03. The Kier molecular flexibility index (Phi) is 3.39. The zero-order valence-corrected chi connectivity index (χ0v) is 7.39. The van der Waals surface area contributed by atoms with Crippen LogP contribution >= 0.6 is 24.2 Å². The van der Waals surface area contributed by atoms with Crippen molar-refractivity contribution >= 4 is 30.3 Å². The van der Waals surface area contributed by atoms with Crippen LogP contribution in [0.4, 0.5) is 0 Å². The minimum absolute atomic E-state index is 0.410. The Morgan fingerprint density at radius 1 is 1.45 bits per heavy atom. The predicted octanol–water partition coefficient (Wildman–Crippen LogP) is 2.07. The van der Waals surface area contributed by atoms with E-state index in [4.69, 9.17) is 11.6 Å². The first-order valence-corrected chi connectivity index (χ1v) is 4.10. The molecule has 0 unspecified atom stereocenters. The second kappa shape index (κ2) is 4.36. The van der Waals surface area contributed by atoms with Crippen molar-refractivity contribution in [3.8, 4) is 0 Å². The van der Waals surface area contributed by atoms with Gasteiger partial charge in [0.15, 0.2) is 5.15 Å². The van der Waals surface area contributed by atoms with Crippen molar-refractivity contribution in [2.24, 2.45) is 0 Å². The summed E-state index contributed by atoms with van der Waals surface area (Å²) in [6.07, 6.45) is 3.73. The van der Waals surface area contributed by atoms with Crippen LogP contribution in [-0.4, -0.2) is 16.0 Å². The van der Waals surface area contributed by atoms with E-state index in [2.05, 4.69) is 22.8 Å². The molecular formula is C7H7ClN2S. The van der Waals surface area contributed by atoms with E-state index >= 15 is 0 Å². The Morgan fingerprint density at radius 3 is 2.82 bits per heavy atom. The van der Waals surface area contributed by atoms with Crippen LogP contribution in [0.2, 0.25) is 5.15 Å². The SMILES string of the molecule is SCC=Cc1ccc(Cl)nn1. The standard InChI is InChI=1S/C7H7ClN2S/c8-7-4-3-6(9-10-7)2-1-5-11/h1-4,11H,5H2. The summed E-state index contributed by atoms with van der Waals surface area (Å²) in [7, 11) is 0. The molecule has 0 saturated carbocycles. The third kappa shape index (κ3) is 2.91. The van der Waals surface area contributed by atoms with E-state index in [1.807, 2.05) is 12.2 Å². The van der Waals surface area contributed by atoms with Gasteiger partial charge in [-0.25, -0.2) is 0 Å². The first kappa shape index (κ1) is 8.56. The lowest BCUT2D eigenvalue weighted by atomic mass is 10.3. The molecule has 0 saturated heterocycles. The van der Waals surface area contributed by atoms with Crippen molar-refractivity contribution in [3.63, 3.8) is 0 Å². The first-order valence-electron chi connectivity index (χ1n) is 3.09. The molecule has 1 rings (SSSR count). The Morgan fingerprint density at radius 2 is 2.27 bits per heavy atom. The van der Waals surface area contributed by atoms with Gasteiger partial charge in [-0.2, -0.15) is 12.6 Å². The lowest BCUT2D eigenvalue weighted by Crippen LogP contribution is -1.84. The van der Waals surface area contributed by atoms with E-state index in [9.17, 15) is 0 Å². The van der Waals surface area contributed by atoms with Crippen molar-refractivity contribution in [2.75, 3.05) is 5.75 Å². The van der Waals surface area contributed by atoms with Crippen LogP contribution in [0.1, 0.15) is 5.69 Å². The summed E-state index contributed by atoms with van der Waals surface area (Å²) in [5.41, 5.74) is 0.795. The molecule has 0 atom stereocenters. The fraction of sp³-hybridized carbons (Fsp3) is 0.143. The van der Waals surface area contributed by atoms with Gasteiger partial charge in [-0.1, -0.05) is 17.7 Å². The fourth-order valence-electron chi connectivity index (χ4n) is 0.589. The Balaban J connectivity index is 2.73. The molecule has 0 aliphatic heterocycles. The molecule has 0 fully saturated rings. The molecule has 0 aromatic carbocycles. The van der Waals surface area contributed by atoms with E-state index in [0.717, 1.165) is 5.69 Å². The number of halogens is 1. The normalized spacial score (nSPS) is 10.7. The van der Waals surface area contributed by atoms with Gasteiger partial charge in [0.1, 0.15) is 0 Å². The van der Waals surface area contributed by atoms with Crippen LogP contribution in [0.5, 0.6) is 0 Å². The Bertz CT molecular complexity index is 245. The highest BCUT2D eigenvalue weighted by atomic mass is 35.5. The average Bonchev–Trinajstić information content (AvgIpc) is 2.04. The quantitative estimate of drug-likeness (QED) is 0.716. The van der Waals surface area contributed by atoms with Gasteiger partial charge in [0.05, 0.1) is 5.69 Å². The van der Waals surface area contributed by atoms with Gasteiger partial charge in [-0.15, -0.1) is 10.2 Å². The van der Waals surface area contributed by atoms with Crippen molar-refractivity contribution in [3.05, 3.63) is 29.1 Å².